The van der Waals surface area contributed by atoms with Crippen molar-refractivity contribution < 1.29 is 33.9 Å². The van der Waals surface area contributed by atoms with Gasteiger partial charge in [-0.3, -0.25) is 4.57 Å². The zero-order chi connectivity index (χ0) is 11.1. The third-order valence-electron chi connectivity index (χ3n) is 1.87. The minimum Gasteiger partial charge on any atom is -1.00 e. The van der Waals surface area contributed by atoms with Crippen LogP contribution in [-0.2, 0) is 19.8 Å². The fourth-order valence-corrected chi connectivity index (χ4v) is 3.03. The molecule has 0 unspecified atom stereocenters. The van der Waals surface area contributed by atoms with Crippen molar-refractivity contribution in [3.63, 3.8) is 0 Å². The topological polar surface area (TPSA) is 35.5 Å². The normalized spacial score (nSPS) is 10.9. The van der Waals surface area contributed by atoms with Gasteiger partial charge in [-0.25, -0.2) is 0 Å². The number of hydrogen-bond donors (Lipinski definition) is 0. The van der Waals surface area contributed by atoms with Crippen molar-refractivity contribution in [2.24, 2.45) is 0 Å². The Hall–Kier alpha value is -0.0326. The summed E-state index contributed by atoms with van der Waals surface area (Å²) in [6.07, 6.45) is 0.343. The van der Waals surface area contributed by atoms with Gasteiger partial charge in [0.15, 0.2) is 0 Å². The molecule has 0 saturated carbocycles. The monoisotopic (exact) mass is 236 g/mol. The molecule has 16 heavy (non-hydrogen) atoms. The first kappa shape index (κ1) is 16.0. The van der Waals surface area contributed by atoms with Gasteiger partial charge in [0.05, 0.1) is 19.4 Å². The number of rotatable bonds is 6. The minimum absolute atomic E-state index is 0. The van der Waals surface area contributed by atoms with E-state index in [0.717, 1.165) is 5.56 Å². The first-order chi connectivity index (χ1) is 7.20. The van der Waals surface area contributed by atoms with E-state index < -0.39 is 7.60 Å². The molecule has 0 aliphatic rings. The molecule has 0 radical (unpaired) electrons. The molecule has 5 heteroatoms. The Kier molecular flexibility index (Phi) is 8.10. The van der Waals surface area contributed by atoms with Crippen molar-refractivity contribution in [3.8, 4) is 0 Å². The molecule has 1 rings (SSSR count). The Morgan fingerprint density at radius 1 is 1.12 bits per heavy atom. The van der Waals surface area contributed by atoms with E-state index in [9.17, 15) is 4.57 Å². The Morgan fingerprint density at radius 3 is 2.06 bits per heavy atom. The largest absolute Gasteiger partial charge is 1.00 e. The second kappa shape index (κ2) is 8.12. The first-order valence-electron chi connectivity index (χ1n) is 5.12. The van der Waals surface area contributed by atoms with Crippen LogP contribution >= 0.6 is 7.60 Å². The summed E-state index contributed by atoms with van der Waals surface area (Å²) in [5, 5.41) is 0. The SMILES string of the molecule is CCOP(=O)(Cc1ccccc1)OCC.[H-].[Li+]. The zero-order valence-corrected chi connectivity index (χ0v) is 11.1. The van der Waals surface area contributed by atoms with Crippen LogP contribution in [0.1, 0.15) is 20.8 Å². The average molecular weight is 236 g/mol. The molecular weight excluding hydrogens is 218 g/mol. The molecule has 0 spiro atoms. The third-order valence-corrected chi connectivity index (χ3v) is 3.93. The standard InChI is InChI=1S/C11H17O3P.Li.H/c1-3-13-15(12,14-4-2)10-11-8-6-5-7-9-11;;/h5-9H,3-4,10H2,1-2H3;;/q;+1;-1. The first-order valence-corrected chi connectivity index (χ1v) is 6.85. The molecule has 0 atom stereocenters. The van der Waals surface area contributed by atoms with E-state index in [4.69, 9.17) is 9.05 Å². The molecule has 0 saturated heterocycles. The van der Waals surface area contributed by atoms with Crippen LogP contribution in [0, 0.1) is 0 Å². The smallest absolute Gasteiger partial charge is 1.00 e. The van der Waals surface area contributed by atoms with Gasteiger partial charge >= 0.3 is 26.5 Å². The minimum atomic E-state index is -2.94. The maximum absolute atomic E-state index is 12.1. The van der Waals surface area contributed by atoms with Crippen molar-refractivity contribution in [1.82, 2.24) is 0 Å². The molecule has 0 N–H and O–H groups in total. The Labute approximate surface area is 111 Å². The van der Waals surface area contributed by atoms with Crippen LogP contribution in [0.15, 0.2) is 30.3 Å². The maximum atomic E-state index is 12.1. The third kappa shape index (κ3) is 5.34. The van der Waals surface area contributed by atoms with Gasteiger partial charge in [-0.15, -0.1) is 0 Å². The Morgan fingerprint density at radius 2 is 1.62 bits per heavy atom. The van der Waals surface area contributed by atoms with Gasteiger partial charge in [-0.05, 0) is 19.4 Å². The number of benzene rings is 1. The molecule has 0 heterocycles. The summed E-state index contributed by atoms with van der Waals surface area (Å²) >= 11 is 0. The van der Waals surface area contributed by atoms with E-state index in [1.165, 1.54) is 0 Å². The maximum Gasteiger partial charge on any atom is 1.00 e. The molecule has 0 bridgehead atoms. The van der Waals surface area contributed by atoms with Crippen molar-refractivity contribution in [2.75, 3.05) is 13.2 Å². The van der Waals surface area contributed by atoms with Crippen LogP contribution in [0.3, 0.4) is 0 Å². The van der Waals surface area contributed by atoms with Gasteiger partial charge in [0.1, 0.15) is 0 Å². The van der Waals surface area contributed by atoms with E-state index >= 15 is 0 Å². The van der Waals surface area contributed by atoms with E-state index in [1.807, 2.05) is 44.2 Å². The molecule has 0 aromatic heterocycles. The van der Waals surface area contributed by atoms with Crippen LogP contribution in [0.5, 0.6) is 0 Å². The predicted octanol–water partition coefficient (Wildman–Crippen LogP) is 0.569. The molecule has 86 valence electrons. The summed E-state index contributed by atoms with van der Waals surface area (Å²) in [5.41, 5.74) is 0.975. The number of hydrogen-bond acceptors (Lipinski definition) is 3. The van der Waals surface area contributed by atoms with Gasteiger partial charge in [-0.2, -0.15) is 0 Å². The quantitative estimate of drug-likeness (QED) is 0.535. The summed E-state index contributed by atoms with van der Waals surface area (Å²) in [6.45, 7) is 4.45. The van der Waals surface area contributed by atoms with E-state index in [-0.39, 0.29) is 20.3 Å². The molecule has 0 aliphatic carbocycles. The van der Waals surface area contributed by atoms with Crippen molar-refractivity contribution in [2.45, 2.75) is 20.0 Å². The summed E-state index contributed by atoms with van der Waals surface area (Å²) < 4.78 is 22.6. The molecule has 0 aliphatic heterocycles. The van der Waals surface area contributed by atoms with Gasteiger partial charge in [0.2, 0.25) is 0 Å². The fraction of sp³-hybridized carbons (Fsp3) is 0.455. The van der Waals surface area contributed by atoms with Crippen LogP contribution in [0.2, 0.25) is 0 Å². The second-order valence-corrected chi connectivity index (χ2v) is 5.14. The van der Waals surface area contributed by atoms with Crippen LogP contribution in [0.4, 0.5) is 0 Å². The summed E-state index contributed by atoms with van der Waals surface area (Å²) in [6, 6.07) is 9.60. The molecular formula is C11H18LiO3P. The van der Waals surface area contributed by atoms with E-state index in [0.29, 0.717) is 19.4 Å². The average Bonchev–Trinajstić information content (AvgIpc) is 2.19. The van der Waals surface area contributed by atoms with Gasteiger partial charge in [0.25, 0.3) is 0 Å². The van der Waals surface area contributed by atoms with Gasteiger partial charge in [0, 0.05) is 0 Å². The molecule has 0 amide bonds. The second-order valence-electron chi connectivity index (χ2n) is 3.09. The Bertz CT molecular complexity index is 325. The molecule has 1 aromatic rings. The summed E-state index contributed by atoms with van der Waals surface area (Å²) in [5.74, 6) is 0. The Balaban J connectivity index is 0. The predicted molar refractivity (Wildman–Crippen MR) is 62.1 cm³/mol. The summed E-state index contributed by atoms with van der Waals surface area (Å²) in [4.78, 5) is 0. The van der Waals surface area contributed by atoms with Crippen molar-refractivity contribution in [1.29, 1.82) is 0 Å². The van der Waals surface area contributed by atoms with Crippen LogP contribution < -0.4 is 18.9 Å². The van der Waals surface area contributed by atoms with Crippen molar-refractivity contribution in [3.05, 3.63) is 35.9 Å². The van der Waals surface area contributed by atoms with E-state index in [2.05, 4.69) is 0 Å². The fourth-order valence-electron chi connectivity index (χ4n) is 1.33. The van der Waals surface area contributed by atoms with E-state index in [1.54, 1.807) is 0 Å². The zero-order valence-electron chi connectivity index (χ0n) is 11.2. The van der Waals surface area contributed by atoms with Gasteiger partial charge in [-0.1, -0.05) is 30.3 Å². The van der Waals surface area contributed by atoms with Crippen molar-refractivity contribution >= 4 is 7.60 Å². The molecule has 1 aromatic carbocycles. The van der Waals surface area contributed by atoms with Gasteiger partial charge < -0.3 is 10.5 Å². The molecule has 0 fully saturated rings. The van der Waals surface area contributed by atoms with Crippen LogP contribution in [0.25, 0.3) is 0 Å². The summed E-state index contributed by atoms with van der Waals surface area (Å²) in [7, 11) is -2.94. The van der Waals surface area contributed by atoms with Crippen LogP contribution in [-0.4, -0.2) is 13.2 Å². The molecule has 3 nitrogen and oxygen atoms in total.